The highest BCUT2D eigenvalue weighted by Crippen LogP contribution is 2.31. The van der Waals surface area contributed by atoms with E-state index in [1.54, 1.807) is 24.0 Å². The summed E-state index contributed by atoms with van der Waals surface area (Å²) in [5.74, 6) is 0.521. The van der Waals surface area contributed by atoms with Crippen LogP contribution < -0.4 is 0 Å². The Morgan fingerprint density at radius 2 is 2.41 bits per heavy atom. The molecule has 0 aromatic carbocycles. The first-order valence-corrected chi connectivity index (χ1v) is 8.44. The zero-order valence-corrected chi connectivity index (χ0v) is 13.7. The van der Waals surface area contributed by atoms with Gasteiger partial charge in [0.2, 0.25) is 0 Å². The Bertz CT molecular complexity index is 667. The molecule has 1 saturated heterocycles. The Kier molecular flexibility index (Phi) is 4.52. The minimum absolute atomic E-state index is 0.125. The average molecular weight is 341 g/mol. The lowest BCUT2D eigenvalue weighted by atomic mass is 9.93. The van der Waals surface area contributed by atoms with Crippen LogP contribution in [0, 0.1) is 5.92 Å². The first kappa shape index (κ1) is 15.5. The van der Waals surface area contributed by atoms with Gasteiger partial charge >= 0.3 is 0 Å². The van der Waals surface area contributed by atoms with E-state index < -0.39 is 6.10 Å². The summed E-state index contributed by atoms with van der Waals surface area (Å²) < 4.78 is 5.92. The van der Waals surface area contributed by atoms with Gasteiger partial charge < -0.3 is 14.5 Å². The third kappa shape index (κ3) is 3.19. The lowest BCUT2D eigenvalue weighted by molar-refractivity contribution is 0.0458. The SMILES string of the molecule is CC(O)C1CCCN(C(=O)c2cc(-c3ccc(Cl)s3)on2)C1. The average Bonchev–Trinajstić information content (AvgIpc) is 3.15. The van der Waals surface area contributed by atoms with Crippen LogP contribution in [0.4, 0.5) is 0 Å². The molecule has 0 radical (unpaired) electrons. The number of carbonyl (C=O) groups excluding carboxylic acids is 1. The summed E-state index contributed by atoms with van der Waals surface area (Å²) in [7, 11) is 0. The van der Waals surface area contributed by atoms with Crippen molar-refractivity contribution < 1.29 is 14.4 Å². The molecule has 3 heterocycles. The molecule has 5 nitrogen and oxygen atoms in total. The van der Waals surface area contributed by atoms with Crippen molar-refractivity contribution in [2.45, 2.75) is 25.9 Å². The van der Waals surface area contributed by atoms with Gasteiger partial charge in [-0.15, -0.1) is 11.3 Å². The van der Waals surface area contributed by atoms with Crippen LogP contribution in [0.15, 0.2) is 22.7 Å². The van der Waals surface area contributed by atoms with Crippen LogP contribution in [0.25, 0.3) is 10.6 Å². The van der Waals surface area contributed by atoms with Crippen LogP contribution in [0.3, 0.4) is 0 Å². The van der Waals surface area contributed by atoms with Crippen molar-refractivity contribution in [1.29, 1.82) is 0 Å². The van der Waals surface area contributed by atoms with E-state index in [2.05, 4.69) is 5.16 Å². The van der Waals surface area contributed by atoms with Crippen LogP contribution >= 0.6 is 22.9 Å². The molecule has 0 saturated carbocycles. The number of aliphatic hydroxyl groups is 1. The normalized spacial score (nSPS) is 20.1. The predicted octanol–water partition coefficient (Wildman–Crippen LogP) is 3.29. The third-order valence-corrected chi connectivity index (χ3v) is 5.22. The van der Waals surface area contributed by atoms with E-state index in [4.69, 9.17) is 16.1 Å². The minimum atomic E-state index is -0.406. The molecular weight excluding hydrogens is 324 g/mol. The van der Waals surface area contributed by atoms with Crippen LogP contribution in [0.5, 0.6) is 0 Å². The van der Waals surface area contributed by atoms with Gasteiger partial charge in [-0.1, -0.05) is 16.8 Å². The molecule has 22 heavy (non-hydrogen) atoms. The molecule has 2 aromatic rings. The monoisotopic (exact) mass is 340 g/mol. The lowest BCUT2D eigenvalue weighted by Crippen LogP contribution is -2.43. The van der Waals surface area contributed by atoms with E-state index in [1.807, 2.05) is 6.07 Å². The van der Waals surface area contributed by atoms with Crippen molar-refractivity contribution in [3.63, 3.8) is 0 Å². The van der Waals surface area contributed by atoms with Gasteiger partial charge in [-0.3, -0.25) is 4.79 Å². The van der Waals surface area contributed by atoms with Crippen LogP contribution in [-0.2, 0) is 0 Å². The summed E-state index contributed by atoms with van der Waals surface area (Å²) in [6, 6.07) is 5.27. The molecule has 3 rings (SSSR count). The minimum Gasteiger partial charge on any atom is -0.393 e. The standard InChI is InChI=1S/C15H17ClN2O3S/c1-9(19)10-3-2-6-18(8-10)15(20)11-7-12(21-17-11)13-4-5-14(16)22-13/h4-5,7,9-10,19H,2-3,6,8H2,1H3. The van der Waals surface area contributed by atoms with E-state index in [0.29, 0.717) is 28.9 Å². The maximum Gasteiger partial charge on any atom is 0.276 e. The fourth-order valence-corrected chi connectivity index (χ4v) is 3.68. The number of amides is 1. The molecule has 1 aliphatic heterocycles. The molecule has 0 bridgehead atoms. The number of aromatic nitrogens is 1. The summed E-state index contributed by atoms with van der Waals surface area (Å²) in [4.78, 5) is 15.1. The highest BCUT2D eigenvalue weighted by Gasteiger charge is 2.28. The molecule has 1 aliphatic rings. The van der Waals surface area contributed by atoms with E-state index >= 15 is 0 Å². The van der Waals surface area contributed by atoms with Gasteiger partial charge in [0, 0.05) is 25.1 Å². The van der Waals surface area contributed by atoms with E-state index in [0.717, 1.165) is 17.7 Å². The molecule has 7 heteroatoms. The highest BCUT2D eigenvalue weighted by molar-refractivity contribution is 7.19. The molecule has 118 valence electrons. The van der Waals surface area contributed by atoms with Crippen molar-refractivity contribution >= 4 is 28.8 Å². The van der Waals surface area contributed by atoms with Gasteiger partial charge in [0.25, 0.3) is 5.91 Å². The van der Waals surface area contributed by atoms with E-state index in [9.17, 15) is 9.90 Å². The Labute approximate surface area is 137 Å². The van der Waals surface area contributed by atoms with Crippen LogP contribution in [0.2, 0.25) is 4.34 Å². The summed E-state index contributed by atoms with van der Waals surface area (Å²) in [5, 5.41) is 13.6. The first-order valence-electron chi connectivity index (χ1n) is 7.24. The number of likely N-dealkylation sites (tertiary alicyclic amines) is 1. The van der Waals surface area contributed by atoms with E-state index in [1.165, 1.54) is 11.3 Å². The Hall–Kier alpha value is -1.37. The number of halogens is 1. The fourth-order valence-electron chi connectivity index (χ4n) is 2.69. The van der Waals surface area contributed by atoms with Crippen LogP contribution in [-0.4, -0.2) is 40.3 Å². The van der Waals surface area contributed by atoms with Crippen molar-refractivity contribution in [3.05, 3.63) is 28.2 Å². The van der Waals surface area contributed by atoms with Crippen molar-refractivity contribution in [2.24, 2.45) is 5.92 Å². The molecule has 0 spiro atoms. The number of carbonyl (C=O) groups is 1. The molecule has 1 amide bonds. The molecule has 2 aromatic heterocycles. The Morgan fingerprint density at radius 1 is 1.59 bits per heavy atom. The molecule has 0 aliphatic carbocycles. The predicted molar refractivity (Wildman–Crippen MR) is 85.1 cm³/mol. The van der Waals surface area contributed by atoms with Gasteiger partial charge in [-0.2, -0.15) is 0 Å². The zero-order chi connectivity index (χ0) is 15.7. The van der Waals surface area contributed by atoms with E-state index in [-0.39, 0.29) is 11.8 Å². The summed E-state index contributed by atoms with van der Waals surface area (Å²) >= 11 is 7.28. The second kappa shape index (κ2) is 6.40. The summed E-state index contributed by atoms with van der Waals surface area (Å²) in [5.41, 5.74) is 0.297. The highest BCUT2D eigenvalue weighted by atomic mass is 35.5. The van der Waals surface area contributed by atoms with Gasteiger partial charge in [0.1, 0.15) is 0 Å². The first-order chi connectivity index (χ1) is 10.5. The second-order valence-corrected chi connectivity index (χ2v) is 7.29. The maximum absolute atomic E-state index is 12.5. The number of thiophene rings is 1. The number of aliphatic hydroxyl groups excluding tert-OH is 1. The fraction of sp³-hybridized carbons (Fsp3) is 0.467. The molecule has 1 fully saturated rings. The largest absolute Gasteiger partial charge is 0.393 e. The Morgan fingerprint density at radius 3 is 3.09 bits per heavy atom. The number of rotatable bonds is 3. The third-order valence-electron chi connectivity index (χ3n) is 3.97. The Balaban J connectivity index is 1.74. The maximum atomic E-state index is 12.5. The molecule has 2 unspecified atom stereocenters. The van der Waals surface area contributed by atoms with Crippen LogP contribution in [0.1, 0.15) is 30.3 Å². The number of hydrogen-bond acceptors (Lipinski definition) is 5. The van der Waals surface area contributed by atoms with Crippen molar-refractivity contribution in [2.75, 3.05) is 13.1 Å². The zero-order valence-electron chi connectivity index (χ0n) is 12.2. The number of hydrogen-bond donors (Lipinski definition) is 1. The number of nitrogens with zero attached hydrogens (tertiary/aromatic N) is 2. The quantitative estimate of drug-likeness (QED) is 0.931. The van der Waals surface area contributed by atoms with Gasteiger partial charge in [0.05, 0.1) is 15.3 Å². The lowest BCUT2D eigenvalue weighted by Gasteiger charge is -2.33. The summed E-state index contributed by atoms with van der Waals surface area (Å²) in [6.07, 6.45) is 1.43. The molecular formula is C15H17ClN2O3S. The topological polar surface area (TPSA) is 66.6 Å². The van der Waals surface area contributed by atoms with Crippen molar-refractivity contribution in [1.82, 2.24) is 10.1 Å². The molecule has 2 atom stereocenters. The van der Waals surface area contributed by atoms with Gasteiger partial charge in [-0.05, 0) is 31.9 Å². The number of piperidine rings is 1. The van der Waals surface area contributed by atoms with Gasteiger partial charge in [0.15, 0.2) is 11.5 Å². The van der Waals surface area contributed by atoms with Crippen molar-refractivity contribution in [3.8, 4) is 10.6 Å². The summed E-state index contributed by atoms with van der Waals surface area (Å²) in [6.45, 7) is 3.02. The second-order valence-electron chi connectivity index (χ2n) is 5.57. The smallest absolute Gasteiger partial charge is 0.276 e. The molecule has 1 N–H and O–H groups in total. The van der Waals surface area contributed by atoms with Gasteiger partial charge in [-0.25, -0.2) is 0 Å².